The highest BCUT2D eigenvalue weighted by atomic mass is 16.5. The molecule has 4 heteroatoms. The van der Waals surface area contributed by atoms with Crippen molar-refractivity contribution in [3.63, 3.8) is 0 Å². The first-order chi connectivity index (χ1) is 8.74. The van der Waals surface area contributed by atoms with Gasteiger partial charge in [0.15, 0.2) is 0 Å². The van der Waals surface area contributed by atoms with E-state index in [-0.39, 0.29) is 12.0 Å². The number of ether oxygens (including phenoxy) is 2. The fourth-order valence-electron chi connectivity index (χ4n) is 2.14. The first-order valence-corrected chi connectivity index (χ1v) is 6.23. The van der Waals surface area contributed by atoms with Crippen LogP contribution in [-0.2, 0) is 9.53 Å². The van der Waals surface area contributed by atoms with E-state index in [4.69, 9.17) is 9.47 Å². The smallest absolute Gasteiger partial charge is 0.328 e. The third kappa shape index (κ3) is 2.75. The molecule has 1 saturated carbocycles. The Kier molecular flexibility index (Phi) is 4.07. The monoisotopic (exact) mass is 249 g/mol. The summed E-state index contributed by atoms with van der Waals surface area (Å²) >= 11 is 0. The van der Waals surface area contributed by atoms with Crippen LogP contribution in [0.2, 0.25) is 0 Å². The van der Waals surface area contributed by atoms with Crippen molar-refractivity contribution in [1.82, 2.24) is 0 Å². The maximum atomic E-state index is 11.8. The lowest BCUT2D eigenvalue weighted by Gasteiger charge is -2.32. The Morgan fingerprint density at radius 1 is 1.28 bits per heavy atom. The minimum atomic E-state index is -0.239. The molecule has 1 aliphatic rings. The largest absolute Gasteiger partial charge is 0.497 e. The number of rotatable bonds is 5. The highest BCUT2D eigenvalue weighted by Crippen LogP contribution is 2.32. The fraction of sp³-hybridized carbons (Fsp3) is 0.500. The van der Waals surface area contributed by atoms with Crippen LogP contribution in [0.1, 0.15) is 19.3 Å². The van der Waals surface area contributed by atoms with Gasteiger partial charge in [-0.2, -0.15) is 0 Å². The molecule has 0 bridgehead atoms. The predicted octanol–water partition coefficient (Wildman–Crippen LogP) is 2.45. The summed E-state index contributed by atoms with van der Waals surface area (Å²) in [5.41, 5.74) is 0.915. The van der Waals surface area contributed by atoms with E-state index in [2.05, 4.69) is 5.32 Å². The van der Waals surface area contributed by atoms with Crippen molar-refractivity contribution in [1.29, 1.82) is 0 Å². The molecule has 4 nitrogen and oxygen atoms in total. The van der Waals surface area contributed by atoms with E-state index in [1.54, 1.807) is 7.11 Å². The van der Waals surface area contributed by atoms with Crippen molar-refractivity contribution < 1.29 is 14.3 Å². The molecule has 0 aromatic heterocycles. The molecule has 0 amide bonds. The second-order valence-corrected chi connectivity index (χ2v) is 4.56. The van der Waals surface area contributed by atoms with Crippen molar-refractivity contribution in [3.05, 3.63) is 24.3 Å². The SMILES string of the molecule is COC(=O)C(Nc1ccc(OC)cc1)C1CCC1. The van der Waals surface area contributed by atoms with Gasteiger partial charge in [-0.15, -0.1) is 0 Å². The number of esters is 1. The van der Waals surface area contributed by atoms with Gasteiger partial charge in [-0.25, -0.2) is 4.79 Å². The van der Waals surface area contributed by atoms with Gasteiger partial charge in [0, 0.05) is 5.69 Å². The highest BCUT2D eigenvalue weighted by molar-refractivity contribution is 5.79. The molecule has 1 atom stereocenters. The Hall–Kier alpha value is -1.71. The zero-order valence-corrected chi connectivity index (χ0v) is 10.8. The first kappa shape index (κ1) is 12.7. The third-order valence-corrected chi connectivity index (χ3v) is 3.49. The van der Waals surface area contributed by atoms with Crippen LogP contribution >= 0.6 is 0 Å². The van der Waals surface area contributed by atoms with Crippen molar-refractivity contribution in [2.75, 3.05) is 19.5 Å². The molecule has 0 spiro atoms. The van der Waals surface area contributed by atoms with E-state index in [0.29, 0.717) is 5.92 Å². The van der Waals surface area contributed by atoms with Crippen LogP contribution in [0, 0.1) is 5.92 Å². The number of carbonyl (C=O) groups excluding carboxylic acids is 1. The number of methoxy groups -OCH3 is 2. The van der Waals surface area contributed by atoms with E-state index in [1.165, 1.54) is 13.5 Å². The standard InChI is InChI=1S/C14H19NO3/c1-17-12-8-6-11(7-9-12)15-13(14(16)18-2)10-4-3-5-10/h6-10,13,15H,3-5H2,1-2H3. The number of anilines is 1. The van der Waals surface area contributed by atoms with Crippen molar-refractivity contribution in [3.8, 4) is 5.75 Å². The van der Waals surface area contributed by atoms with Gasteiger partial charge in [0.05, 0.1) is 14.2 Å². The van der Waals surface area contributed by atoms with Gasteiger partial charge in [0.2, 0.25) is 0 Å². The average molecular weight is 249 g/mol. The highest BCUT2D eigenvalue weighted by Gasteiger charge is 2.33. The summed E-state index contributed by atoms with van der Waals surface area (Å²) < 4.78 is 9.96. The summed E-state index contributed by atoms with van der Waals surface area (Å²) in [7, 11) is 3.07. The van der Waals surface area contributed by atoms with Gasteiger partial charge < -0.3 is 14.8 Å². The second-order valence-electron chi connectivity index (χ2n) is 4.56. The summed E-state index contributed by atoms with van der Waals surface area (Å²) in [6.07, 6.45) is 3.37. The molecule has 0 aliphatic heterocycles. The second kappa shape index (κ2) is 5.76. The Bertz CT molecular complexity index is 398. The summed E-state index contributed by atoms with van der Waals surface area (Å²) in [6.45, 7) is 0. The Morgan fingerprint density at radius 2 is 1.94 bits per heavy atom. The molecule has 1 aliphatic carbocycles. The number of carbonyl (C=O) groups is 1. The molecule has 1 unspecified atom stereocenters. The molecular weight excluding hydrogens is 230 g/mol. The van der Waals surface area contributed by atoms with Crippen LogP contribution in [0.3, 0.4) is 0 Å². The average Bonchev–Trinajstić information content (AvgIpc) is 2.36. The van der Waals surface area contributed by atoms with Crippen LogP contribution in [0.4, 0.5) is 5.69 Å². The van der Waals surface area contributed by atoms with E-state index in [1.807, 2.05) is 24.3 Å². The van der Waals surface area contributed by atoms with Gasteiger partial charge >= 0.3 is 5.97 Å². The molecular formula is C14H19NO3. The first-order valence-electron chi connectivity index (χ1n) is 6.23. The van der Waals surface area contributed by atoms with Crippen LogP contribution in [0.15, 0.2) is 24.3 Å². The van der Waals surface area contributed by atoms with Crippen LogP contribution in [0.25, 0.3) is 0 Å². The normalized spacial score (nSPS) is 16.6. The zero-order valence-electron chi connectivity index (χ0n) is 10.8. The van der Waals surface area contributed by atoms with Crippen LogP contribution in [-0.4, -0.2) is 26.2 Å². The van der Waals surface area contributed by atoms with E-state index in [9.17, 15) is 4.79 Å². The third-order valence-electron chi connectivity index (χ3n) is 3.49. The fourth-order valence-corrected chi connectivity index (χ4v) is 2.14. The Morgan fingerprint density at radius 3 is 2.39 bits per heavy atom. The van der Waals surface area contributed by atoms with Crippen molar-refractivity contribution in [2.45, 2.75) is 25.3 Å². The minimum absolute atomic E-state index is 0.185. The maximum absolute atomic E-state index is 11.8. The van der Waals surface area contributed by atoms with Gasteiger partial charge in [-0.1, -0.05) is 6.42 Å². The van der Waals surface area contributed by atoms with Gasteiger partial charge in [-0.05, 0) is 43.0 Å². The van der Waals surface area contributed by atoms with Crippen molar-refractivity contribution in [2.24, 2.45) is 5.92 Å². The van der Waals surface area contributed by atoms with E-state index in [0.717, 1.165) is 24.3 Å². The number of hydrogen-bond acceptors (Lipinski definition) is 4. The van der Waals surface area contributed by atoms with Crippen LogP contribution < -0.4 is 10.1 Å². The lowest BCUT2D eigenvalue weighted by atomic mass is 9.79. The van der Waals surface area contributed by atoms with Crippen molar-refractivity contribution >= 4 is 11.7 Å². The molecule has 1 aromatic carbocycles. The van der Waals surface area contributed by atoms with Gasteiger partial charge in [-0.3, -0.25) is 0 Å². The van der Waals surface area contributed by atoms with Crippen LogP contribution in [0.5, 0.6) is 5.75 Å². The molecule has 0 radical (unpaired) electrons. The summed E-state index contributed by atoms with van der Waals surface area (Å²) in [5, 5.41) is 3.25. The molecule has 2 rings (SSSR count). The molecule has 0 saturated heterocycles. The summed E-state index contributed by atoms with van der Waals surface area (Å²) in [6, 6.07) is 7.33. The number of benzene rings is 1. The zero-order chi connectivity index (χ0) is 13.0. The molecule has 1 N–H and O–H groups in total. The predicted molar refractivity (Wildman–Crippen MR) is 69.8 cm³/mol. The Labute approximate surface area is 107 Å². The molecule has 18 heavy (non-hydrogen) atoms. The molecule has 1 aromatic rings. The summed E-state index contributed by atoms with van der Waals surface area (Å²) in [5.74, 6) is 1.01. The van der Waals surface area contributed by atoms with E-state index < -0.39 is 0 Å². The minimum Gasteiger partial charge on any atom is -0.497 e. The molecule has 98 valence electrons. The lowest BCUT2D eigenvalue weighted by molar-refractivity contribution is -0.143. The maximum Gasteiger partial charge on any atom is 0.328 e. The molecule has 1 fully saturated rings. The summed E-state index contributed by atoms with van der Waals surface area (Å²) in [4.78, 5) is 11.8. The molecule has 0 heterocycles. The quantitative estimate of drug-likeness (QED) is 0.814. The Balaban J connectivity index is 2.04. The topological polar surface area (TPSA) is 47.6 Å². The van der Waals surface area contributed by atoms with Gasteiger partial charge in [0.1, 0.15) is 11.8 Å². The number of nitrogens with one attached hydrogen (secondary N) is 1. The van der Waals surface area contributed by atoms with E-state index >= 15 is 0 Å². The lowest BCUT2D eigenvalue weighted by Crippen LogP contribution is -2.41. The number of hydrogen-bond donors (Lipinski definition) is 1. The van der Waals surface area contributed by atoms with Gasteiger partial charge in [0.25, 0.3) is 0 Å².